The van der Waals surface area contributed by atoms with Gasteiger partial charge in [-0.25, -0.2) is 0 Å². The van der Waals surface area contributed by atoms with Crippen LogP contribution >= 0.6 is 0 Å². The number of benzene rings is 1. The SMILES string of the molecule is CC(=O)N[C@H](CC(C)(C)C)c1ccccc1. The Morgan fingerprint density at radius 2 is 1.81 bits per heavy atom. The zero-order valence-electron chi connectivity index (χ0n) is 10.6. The van der Waals surface area contributed by atoms with Gasteiger partial charge in [-0.3, -0.25) is 4.79 Å². The Morgan fingerprint density at radius 3 is 2.25 bits per heavy atom. The lowest BCUT2D eigenvalue weighted by Crippen LogP contribution is -2.29. The highest BCUT2D eigenvalue weighted by Gasteiger charge is 2.20. The summed E-state index contributed by atoms with van der Waals surface area (Å²) in [6.45, 7) is 8.12. The van der Waals surface area contributed by atoms with Crippen LogP contribution in [0.4, 0.5) is 0 Å². The summed E-state index contributed by atoms with van der Waals surface area (Å²) in [6, 6.07) is 10.2. The molecule has 0 aliphatic rings. The van der Waals surface area contributed by atoms with Crippen LogP contribution in [-0.2, 0) is 4.79 Å². The van der Waals surface area contributed by atoms with Crippen molar-refractivity contribution in [2.24, 2.45) is 5.41 Å². The molecule has 0 spiro atoms. The number of hydrogen-bond donors (Lipinski definition) is 1. The second-order valence-corrected chi connectivity index (χ2v) is 5.43. The molecule has 0 aliphatic heterocycles. The molecule has 1 atom stereocenters. The van der Waals surface area contributed by atoms with Crippen LogP contribution in [0.25, 0.3) is 0 Å². The number of rotatable bonds is 3. The molecule has 2 nitrogen and oxygen atoms in total. The monoisotopic (exact) mass is 219 g/mol. The maximum atomic E-state index is 11.2. The first-order valence-electron chi connectivity index (χ1n) is 5.70. The molecular formula is C14H21NO. The predicted octanol–water partition coefficient (Wildman–Crippen LogP) is 3.30. The van der Waals surface area contributed by atoms with Crippen LogP contribution in [-0.4, -0.2) is 5.91 Å². The first kappa shape index (κ1) is 12.8. The van der Waals surface area contributed by atoms with E-state index in [1.165, 1.54) is 5.56 Å². The Morgan fingerprint density at radius 1 is 1.25 bits per heavy atom. The summed E-state index contributed by atoms with van der Waals surface area (Å²) < 4.78 is 0. The average Bonchev–Trinajstić information content (AvgIpc) is 2.15. The molecule has 1 amide bonds. The predicted molar refractivity (Wildman–Crippen MR) is 67.1 cm³/mol. The van der Waals surface area contributed by atoms with Crippen LogP contribution < -0.4 is 5.32 Å². The Balaban J connectivity index is 2.84. The van der Waals surface area contributed by atoms with Crippen LogP contribution in [0.1, 0.15) is 45.7 Å². The minimum atomic E-state index is 0.0260. The van der Waals surface area contributed by atoms with Crippen LogP contribution in [0.15, 0.2) is 30.3 Å². The molecule has 88 valence electrons. The Bertz CT molecular complexity index is 338. The van der Waals surface area contributed by atoms with Crippen molar-refractivity contribution in [3.8, 4) is 0 Å². The quantitative estimate of drug-likeness (QED) is 0.830. The van der Waals surface area contributed by atoms with Gasteiger partial charge in [0.2, 0.25) is 5.91 Å². The fraction of sp³-hybridized carbons (Fsp3) is 0.500. The zero-order chi connectivity index (χ0) is 12.2. The van der Waals surface area contributed by atoms with Crippen molar-refractivity contribution in [3.63, 3.8) is 0 Å². The molecule has 16 heavy (non-hydrogen) atoms. The molecule has 2 heteroatoms. The van der Waals surface area contributed by atoms with Crippen molar-refractivity contribution >= 4 is 5.91 Å². The molecular weight excluding hydrogens is 198 g/mol. The van der Waals surface area contributed by atoms with Gasteiger partial charge >= 0.3 is 0 Å². The zero-order valence-corrected chi connectivity index (χ0v) is 10.6. The Kier molecular flexibility index (Phi) is 4.11. The highest BCUT2D eigenvalue weighted by molar-refractivity contribution is 5.73. The van der Waals surface area contributed by atoms with Crippen molar-refractivity contribution < 1.29 is 4.79 Å². The Labute approximate surface area is 98.1 Å². The van der Waals surface area contributed by atoms with E-state index in [1.807, 2.05) is 18.2 Å². The summed E-state index contributed by atoms with van der Waals surface area (Å²) >= 11 is 0. The van der Waals surface area contributed by atoms with Gasteiger partial charge in [0.05, 0.1) is 6.04 Å². The van der Waals surface area contributed by atoms with Crippen molar-refractivity contribution in [1.82, 2.24) is 5.32 Å². The highest BCUT2D eigenvalue weighted by Crippen LogP contribution is 2.29. The van der Waals surface area contributed by atoms with E-state index >= 15 is 0 Å². The molecule has 1 rings (SSSR count). The lowest BCUT2D eigenvalue weighted by molar-refractivity contribution is -0.119. The first-order valence-corrected chi connectivity index (χ1v) is 5.70. The van der Waals surface area contributed by atoms with Crippen LogP contribution in [0, 0.1) is 5.41 Å². The molecule has 0 aromatic heterocycles. The number of carbonyl (C=O) groups is 1. The molecule has 0 unspecified atom stereocenters. The van der Waals surface area contributed by atoms with Gasteiger partial charge in [0, 0.05) is 6.92 Å². The highest BCUT2D eigenvalue weighted by atomic mass is 16.1. The van der Waals surface area contributed by atoms with E-state index in [4.69, 9.17) is 0 Å². The maximum Gasteiger partial charge on any atom is 0.217 e. The van der Waals surface area contributed by atoms with Crippen molar-refractivity contribution in [1.29, 1.82) is 0 Å². The van der Waals surface area contributed by atoms with Gasteiger partial charge in [-0.1, -0.05) is 51.1 Å². The smallest absolute Gasteiger partial charge is 0.217 e. The molecule has 1 aromatic rings. The van der Waals surface area contributed by atoms with Gasteiger partial charge < -0.3 is 5.32 Å². The third-order valence-corrected chi connectivity index (χ3v) is 2.40. The van der Waals surface area contributed by atoms with E-state index in [0.717, 1.165) is 6.42 Å². The Hall–Kier alpha value is -1.31. The van der Waals surface area contributed by atoms with Gasteiger partial charge in [-0.2, -0.15) is 0 Å². The molecule has 1 aromatic carbocycles. The minimum absolute atomic E-state index is 0.0260. The summed E-state index contributed by atoms with van der Waals surface area (Å²) in [4.78, 5) is 11.2. The summed E-state index contributed by atoms with van der Waals surface area (Å²) in [6.07, 6.45) is 0.941. The largest absolute Gasteiger partial charge is 0.350 e. The molecule has 0 fully saturated rings. The molecule has 0 heterocycles. The number of amides is 1. The van der Waals surface area contributed by atoms with Crippen LogP contribution in [0.3, 0.4) is 0 Å². The van der Waals surface area contributed by atoms with Crippen molar-refractivity contribution in [2.75, 3.05) is 0 Å². The lowest BCUT2D eigenvalue weighted by atomic mass is 9.85. The molecule has 0 saturated heterocycles. The summed E-state index contributed by atoms with van der Waals surface area (Å²) in [5, 5.41) is 3.01. The summed E-state index contributed by atoms with van der Waals surface area (Å²) in [5.74, 6) is 0.0260. The number of hydrogen-bond acceptors (Lipinski definition) is 1. The van der Waals surface area contributed by atoms with E-state index < -0.39 is 0 Å². The fourth-order valence-electron chi connectivity index (χ4n) is 1.80. The van der Waals surface area contributed by atoms with Gasteiger partial charge in [-0.15, -0.1) is 0 Å². The van der Waals surface area contributed by atoms with Gasteiger partial charge in [0.1, 0.15) is 0 Å². The van der Waals surface area contributed by atoms with E-state index in [2.05, 4.69) is 38.2 Å². The third-order valence-electron chi connectivity index (χ3n) is 2.40. The summed E-state index contributed by atoms with van der Waals surface area (Å²) in [7, 11) is 0. The van der Waals surface area contributed by atoms with E-state index in [9.17, 15) is 4.79 Å². The number of carbonyl (C=O) groups excluding carboxylic acids is 1. The minimum Gasteiger partial charge on any atom is -0.350 e. The van der Waals surface area contributed by atoms with Crippen molar-refractivity contribution in [2.45, 2.75) is 40.2 Å². The third kappa shape index (κ3) is 4.47. The molecule has 0 radical (unpaired) electrons. The van der Waals surface area contributed by atoms with Gasteiger partial charge in [0.25, 0.3) is 0 Å². The second-order valence-electron chi connectivity index (χ2n) is 5.43. The standard InChI is InChI=1S/C14H21NO/c1-11(16)15-13(10-14(2,3)4)12-8-6-5-7-9-12/h5-9,13H,10H2,1-4H3,(H,15,16)/t13-/m1/s1. The maximum absolute atomic E-state index is 11.2. The molecule has 0 aliphatic carbocycles. The van der Waals surface area contributed by atoms with Crippen LogP contribution in [0.2, 0.25) is 0 Å². The van der Waals surface area contributed by atoms with E-state index in [-0.39, 0.29) is 17.4 Å². The normalized spacial score (nSPS) is 13.2. The molecule has 0 bridgehead atoms. The second kappa shape index (κ2) is 5.15. The lowest BCUT2D eigenvalue weighted by Gasteiger charge is -2.26. The molecule has 1 N–H and O–H groups in total. The number of nitrogens with one attached hydrogen (secondary N) is 1. The topological polar surface area (TPSA) is 29.1 Å². The van der Waals surface area contributed by atoms with Gasteiger partial charge in [0.15, 0.2) is 0 Å². The first-order chi connectivity index (χ1) is 7.38. The van der Waals surface area contributed by atoms with E-state index in [1.54, 1.807) is 6.92 Å². The average molecular weight is 219 g/mol. The van der Waals surface area contributed by atoms with Gasteiger partial charge in [-0.05, 0) is 17.4 Å². The molecule has 0 saturated carbocycles. The fourth-order valence-corrected chi connectivity index (χ4v) is 1.80. The summed E-state index contributed by atoms with van der Waals surface area (Å²) in [5.41, 5.74) is 1.37. The van der Waals surface area contributed by atoms with E-state index in [0.29, 0.717) is 0 Å². The van der Waals surface area contributed by atoms with Crippen LogP contribution in [0.5, 0.6) is 0 Å². The van der Waals surface area contributed by atoms with Crippen molar-refractivity contribution in [3.05, 3.63) is 35.9 Å².